The van der Waals surface area contributed by atoms with Gasteiger partial charge in [0.1, 0.15) is 11.9 Å². The summed E-state index contributed by atoms with van der Waals surface area (Å²) < 4.78 is 13.1. The number of carbonyl (C=O) groups is 1. The van der Waals surface area contributed by atoms with Crippen molar-refractivity contribution in [3.05, 3.63) is 35.6 Å². The van der Waals surface area contributed by atoms with Gasteiger partial charge in [0.15, 0.2) is 0 Å². The number of halogens is 1. The minimum absolute atomic E-state index is 0.182. The van der Waals surface area contributed by atoms with Crippen molar-refractivity contribution in [2.45, 2.75) is 45.2 Å². The molecule has 0 aromatic heterocycles. The van der Waals surface area contributed by atoms with Gasteiger partial charge < -0.3 is 5.11 Å². The molecule has 0 radical (unpaired) electrons. The Bertz CT molecular complexity index is 395. The first-order chi connectivity index (χ1) is 8.54. The molecule has 2 N–H and O–H groups in total. The minimum atomic E-state index is -0.855. The van der Waals surface area contributed by atoms with Crippen LogP contribution in [0.1, 0.15) is 44.7 Å². The van der Waals surface area contributed by atoms with Gasteiger partial charge in [-0.05, 0) is 31.0 Å². The van der Waals surface area contributed by atoms with E-state index in [-0.39, 0.29) is 11.9 Å². The first-order valence-corrected chi connectivity index (χ1v) is 6.29. The number of rotatable bonds is 7. The van der Waals surface area contributed by atoms with E-state index in [2.05, 4.69) is 5.32 Å². The summed E-state index contributed by atoms with van der Waals surface area (Å²) >= 11 is 0. The van der Waals surface area contributed by atoms with Gasteiger partial charge in [-0.25, -0.2) is 4.39 Å². The van der Waals surface area contributed by atoms with Crippen LogP contribution in [0.4, 0.5) is 4.39 Å². The summed E-state index contributed by atoms with van der Waals surface area (Å²) in [6.45, 7) is 3.87. The van der Waals surface area contributed by atoms with E-state index in [4.69, 9.17) is 5.11 Å². The van der Waals surface area contributed by atoms with Crippen LogP contribution in [0.5, 0.6) is 0 Å². The molecule has 2 unspecified atom stereocenters. The number of benzene rings is 1. The van der Waals surface area contributed by atoms with Crippen LogP contribution in [-0.2, 0) is 4.79 Å². The maximum atomic E-state index is 13.1. The van der Waals surface area contributed by atoms with E-state index in [9.17, 15) is 9.18 Å². The summed E-state index contributed by atoms with van der Waals surface area (Å²) in [6, 6.07) is 5.46. The van der Waals surface area contributed by atoms with Crippen molar-refractivity contribution in [1.82, 2.24) is 5.32 Å². The summed E-state index contributed by atoms with van der Waals surface area (Å²) in [4.78, 5) is 11.1. The number of aliphatic carboxylic acids is 1. The van der Waals surface area contributed by atoms with Gasteiger partial charge >= 0.3 is 5.97 Å². The molecule has 0 bridgehead atoms. The Morgan fingerprint density at radius 2 is 2.22 bits per heavy atom. The fourth-order valence-corrected chi connectivity index (χ4v) is 1.86. The molecule has 0 aliphatic heterocycles. The van der Waals surface area contributed by atoms with Crippen LogP contribution in [0.3, 0.4) is 0 Å². The van der Waals surface area contributed by atoms with Crippen LogP contribution in [0, 0.1) is 5.82 Å². The highest BCUT2D eigenvalue weighted by atomic mass is 19.1. The van der Waals surface area contributed by atoms with E-state index >= 15 is 0 Å². The fourth-order valence-electron chi connectivity index (χ4n) is 1.86. The first-order valence-electron chi connectivity index (χ1n) is 6.29. The summed E-state index contributed by atoms with van der Waals surface area (Å²) in [6.07, 6.45) is 2.41. The molecular formula is C14H20FNO2. The molecular weight excluding hydrogens is 233 g/mol. The highest BCUT2D eigenvalue weighted by Gasteiger charge is 2.19. The number of unbranched alkanes of at least 4 members (excludes halogenated alkanes) is 1. The molecule has 4 heteroatoms. The molecule has 3 nitrogen and oxygen atoms in total. The molecule has 0 spiro atoms. The van der Waals surface area contributed by atoms with Gasteiger partial charge in [0.2, 0.25) is 0 Å². The monoisotopic (exact) mass is 253 g/mol. The summed E-state index contributed by atoms with van der Waals surface area (Å²) in [5.41, 5.74) is 0.762. The predicted molar refractivity (Wildman–Crippen MR) is 68.9 cm³/mol. The Labute approximate surface area is 107 Å². The third kappa shape index (κ3) is 4.45. The molecule has 0 amide bonds. The van der Waals surface area contributed by atoms with Crippen molar-refractivity contribution in [2.24, 2.45) is 0 Å². The third-order valence-electron chi connectivity index (χ3n) is 2.94. The van der Waals surface area contributed by atoms with Gasteiger partial charge in [0, 0.05) is 6.04 Å². The Kier molecular flexibility index (Phi) is 5.78. The van der Waals surface area contributed by atoms with Crippen LogP contribution in [0.15, 0.2) is 24.3 Å². The van der Waals surface area contributed by atoms with Crippen LogP contribution in [0.25, 0.3) is 0 Å². The molecule has 1 aromatic carbocycles. The first kappa shape index (κ1) is 14.6. The lowest BCUT2D eigenvalue weighted by Crippen LogP contribution is -2.38. The Hall–Kier alpha value is -1.42. The van der Waals surface area contributed by atoms with E-state index in [1.807, 2.05) is 13.8 Å². The number of carboxylic acids is 1. The molecule has 100 valence electrons. The molecule has 0 fully saturated rings. The zero-order valence-corrected chi connectivity index (χ0v) is 10.8. The zero-order valence-electron chi connectivity index (χ0n) is 10.8. The van der Waals surface area contributed by atoms with Gasteiger partial charge in [0.25, 0.3) is 0 Å². The van der Waals surface area contributed by atoms with Crippen molar-refractivity contribution < 1.29 is 14.3 Å². The standard InChI is InChI=1S/C14H20FNO2/c1-3-4-8-13(14(17)18)16-10(2)11-6-5-7-12(15)9-11/h5-7,9-10,13,16H,3-4,8H2,1-2H3,(H,17,18). The van der Waals surface area contributed by atoms with Crippen molar-refractivity contribution >= 4 is 5.97 Å². The normalized spacial score (nSPS) is 14.2. The Morgan fingerprint density at radius 3 is 2.78 bits per heavy atom. The molecule has 18 heavy (non-hydrogen) atoms. The maximum Gasteiger partial charge on any atom is 0.320 e. The zero-order chi connectivity index (χ0) is 13.5. The smallest absolute Gasteiger partial charge is 0.320 e. The van der Waals surface area contributed by atoms with Gasteiger partial charge in [0.05, 0.1) is 0 Å². The summed E-state index contributed by atoms with van der Waals surface area (Å²) in [5, 5.41) is 12.1. The second-order valence-corrected chi connectivity index (χ2v) is 4.48. The third-order valence-corrected chi connectivity index (χ3v) is 2.94. The second-order valence-electron chi connectivity index (χ2n) is 4.48. The minimum Gasteiger partial charge on any atom is -0.480 e. The average Bonchev–Trinajstić information content (AvgIpc) is 2.33. The molecule has 0 saturated carbocycles. The number of nitrogens with one attached hydrogen (secondary N) is 1. The molecule has 0 saturated heterocycles. The van der Waals surface area contributed by atoms with Gasteiger partial charge in [-0.15, -0.1) is 0 Å². The van der Waals surface area contributed by atoms with Gasteiger partial charge in [-0.1, -0.05) is 31.9 Å². The van der Waals surface area contributed by atoms with Crippen molar-refractivity contribution in [2.75, 3.05) is 0 Å². The second kappa shape index (κ2) is 7.11. The van der Waals surface area contributed by atoms with Crippen molar-refractivity contribution in [3.8, 4) is 0 Å². The predicted octanol–water partition coefficient (Wildman–Crippen LogP) is 3.12. The van der Waals surface area contributed by atoms with Gasteiger partial charge in [-0.3, -0.25) is 10.1 Å². The molecule has 0 heterocycles. The van der Waals surface area contributed by atoms with Crippen LogP contribution < -0.4 is 5.32 Å². The molecule has 0 aliphatic carbocycles. The highest BCUT2D eigenvalue weighted by molar-refractivity contribution is 5.73. The molecule has 2 atom stereocenters. The quantitative estimate of drug-likeness (QED) is 0.785. The van der Waals surface area contributed by atoms with E-state index in [1.165, 1.54) is 12.1 Å². The summed E-state index contributed by atoms with van der Waals surface area (Å²) in [7, 11) is 0. The Morgan fingerprint density at radius 1 is 1.50 bits per heavy atom. The largest absolute Gasteiger partial charge is 0.480 e. The molecule has 0 aliphatic rings. The van der Waals surface area contributed by atoms with Crippen LogP contribution in [-0.4, -0.2) is 17.1 Å². The van der Waals surface area contributed by atoms with E-state index in [0.29, 0.717) is 6.42 Å². The fraction of sp³-hybridized carbons (Fsp3) is 0.500. The Balaban J connectivity index is 2.65. The van der Waals surface area contributed by atoms with Crippen LogP contribution in [0.2, 0.25) is 0 Å². The van der Waals surface area contributed by atoms with Crippen LogP contribution >= 0.6 is 0 Å². The lowest BCUT2D eigenvalue weighted by atomic mass is 10.0. The van der Waals surface area contributed by atoms with E-state index in [1.54, 1.807) is 12.1 Å². The number of carboxylic acid groups (broad SMARTS) is 1. The maximum absolute atomic E-state index is 13.1. The average molecular weight is 253 g/mol. The molecule has 1 rings (SSSR count). The van der Waals surface area contributed by atoms with E-state index in [0.717, 1.165) is 18.4 Å². The lowest BCUT2D eigenvalue weighted by Gasteiger charge is -2.20. The van der Waals surface area contributed by atoms with Gasteiger partial charge in [-0.2, -0.15) is 0 Å². The number of hydrogen-bond donors (Lipinski definition) is 2. The molecule has 1 aromatic rings. The summed E-state index contributed by atoms with van der Waals surface area (Å²) in [5.74, 6) is -1.16. The SMILES string of the molecule is CCCCC(NC(C)c1cccc(F)c1)C(=O)O. The van der Waals surface area contributed by atoms with Crippen molar-refractivity contribution in [1.29, 1.82) is 0 Å². The lowest BCUT2D eigenvalue weighted by molar-refractivity contribution is -0.139. The number of hydrogen-bond acceptors (Lipinski definition) is 2. The van der Waals surface area contributed by atoms with E-state index < -0.39 is 12.0 Å². The topological polar surface area (TPSA) is 49.3 Å². The van der Waals surface area contributed by atoms with Crippen molar-refractivity contribution in [3.63, 3.8) is 0 Å². The highest BCUT2D eigenvalue weighted by Crippen LogP contribution is 2.15.